The predicted molar refractivity (Wildman–Crippen MR) is 89.0 cm³/mol. The van der Waals surface area contributed by atoms with Gasteiger partial charge in [0.2, 0.25) is 0 Å². The van der Waals surface area contributed by atoms with Crippen molar-refractivity contribution in [3.63, 3.8) is 0 Å². The molecule has 1 aromatic carbocycles. The monoisotopic (exact) mass is 300 g/mol. The van der Waals surface area contributed by atoms with E-state index in [1.807, 2.05) is 18.2 Å². The zero-order chi connectivity index (χ0) is 15.0. The summed E-state index contributed by atoms with van der Waals surface area (Å²) in [4.78, 5) is 11.3. The number of anilines is 1. The third-order valence-corrected chi connectivity index (χ3v) is 4.81. The summed E-state index contributed by atoms with van der Waals surface area (Å²) in [7, 11) is 0. The Morgan fingerprint density at radius 1 is 1.24 bits per heavy atom. The molecule has 4 nitrogen and oxygen atoms in total. The van der Waals surface area contributed by atoms with Gasteiger partial charge in [-0.1, -0.05) is 39.0 Å². The summed E-state index contributed by atoms with van der Waals surface area (Å²) in [5.74, 6) is 0.566. The lowest BCUT2D eigenvalue weighted by Gasteiger charge is -2.25. The van der Waals surface area contributed by atoms with E-state index in [-0.39, 0.29) is 11.5 Å². The van der Waals surface area contributed by atoms with Crippen molar-refractivity contribution in [1.82, 2.24) is 4.98 Å². The van der Waals surface area contributed by atoms with Crippen LogP contribution >= 0.6 is 11.3 Å². The lowest BCUT2D eigenvalue weighted by molar-refractivity contribution is 0.579. The molecule has 3 rings (SSSR count). The quantitative estimate of drug-likeness (QED) is 0.925. The van der Waals surface area contributed by atoms with Crippen molar-refractivity contribution in [3.05, 3.63) is 46.4 Å². The minimum absolute atomic E-state index is 0.0749. The fourth-order valence-corrected chi connectivity index (χ4v) is 3.36. The highest BCUT2D eigenvalue weighted by atomic mass is 32.1. The van der Waals surface area contributed by atoms with Crippen LogP contribution in [0.15, 0.2) is 40.7 Å². The van der Waals surface area contributed by atoms with Gasteiger partial charge in [-0.3, -0.25) is 4.99 Å². The SMILES string of the molecule is CC(C)(C)c1nc(C2CN=C(N)N2c2ccccc2)cs1. The number of hydrogen-bond donors (Lipinski definition) is 1. The van der Waals surface area contributed by atoms with E-state index in [0.29, 0.717) is 12.5 Å². The van der Waals surface area contributed by atoms with Gasteiger partial charge in [0, 0.05) is 16.5 Å². The molecular formula is C16H20N4S. The van der Waals surface area contributed by atoms with E-state index >= 15 is 0 Å². The minimum atomic E-state index is 0.0749. The number of aromatic nitrogens is 1. The van der Waals surface area contributed by atoms with Crippen molar-refractivity contribution >= 4 is 23.0 Å². The van der Waals surface area contributed by atoms with Crippen LogP contribution in [0.3, 0.4) is 0 Å². The highest BCUT2D eigenvalue weighted by Gasteiger charge is 2.31. The zero-order valence-electron chi connectivity index (χ0n) is 12.6. The fraction of sp³-hybridized carbons (Fsp3) is 0.375. The van der Waals surface area contributed by atoms with Gasteiger partial charge >= 0.3 is 0 Å². The third-order valence-electron chi connectivity index (χ3n) is 3.52. The first-order chi connectivity index (χ1) is 9.97. The number of thiazole rings is 1. The minimum Gasteiger partial charge on any atom is -0.369 e. The second-order valence-electron chi connectivity index (χ2n) is 6.25. The van der Waals surface area contributed by atoms with E-state index in [2.05, 4.69) is 48.2 Å². The number of benzene rings is 1. The maximum absolute atomic E-state index is 6.08. The maximum atomic E-state index is 6.08. The van der Waals surface area contributed by atoms with Gasteiger partial charge in [-0.25, -0.2) is 4.98 Å². The van der Waals surface area contributed by atoms with Crippen LogP contribution in [0.1, 0.15) is 37.5 Å². The molecule has 0 radical (unpaired) electrons. The van der Waals surface area contributed by atoms with Crippen LogP contribution in [0.5, 0.6) is 0 Å². The summed E-state index contributed by atoms with van der Waals surface area (Å²) in [6.07, 6.45) is 0. The summed E-state index contributed by atoms with van der Waals surface area (Å²) in [5.41, 5.74) is 8.27. The van der Waals surface area contributed by atoms with Gasteiger partial charge in [-0.15, -0.1) is 11.3 Å². The highest BCUT2D eigenvalue weighted by molar-refractivity contribution is 7.09. The first kappa shape index (κ1) is 14.1. The Morgan fingerprint density at radius 2 is 1.95 bits per heavy atom. The van der Waals surface area contributed by atoms with Gasteiger partial charge in [0.15, 0.2) is 5.96 Å². The molecule has 1 aliphatic rings. The number of para-hydroxylation sites is 1. The largest absolute Gasteiger partial charge is 0.369 e. The Kier molecular flexibility index (Phi) is 3.45. The van der Waals surface area contributed by atoms with Crippen LogP contribution in [0.4, 0.5) is 5.69 Å². The van der Waals surface area contributed by atoms with Gasteiger partial charge < -0.3 is 10.6 Å². The van der Waals surface area contributed by atoms with E-state index in [1.54, 1.807) is 11.3 Å². The van der Waals surface area contributed by atoms with Crippen LogP contribution in [0.2, 0.25) is 0 Å². The third kappa shape index (κ3) is 2.65. The van der Waals surface area contributed by atoms with E-state index < -0.39 is 0 Å². The Morgan fingerprint density at radius 3 is 2.57 bits per heavy atom. The van der Waals surface area contributed by atoms with Gasteiger partial charge in [0.25, 0.3) is 0 Å². The predicted octanol–water partition coefficient (Wildman–Crippen LogP) is 3.32. The maximum Gasteiger partial charge on any atom is 0.196 e. The first-order valence-electron chi connectivity index (χ1n) is 7.07. The number of guanidine groups is 1. The molecule has 0 saturated heterocycles. The Labute approximate surface area is 129 Å². The van der Waals surface area contributed by atoms with Gasteiger partial charge in [0.05, 0.1) is 23.3 Å². The molecule has 1 aromatic heterocycles. The van der Waals surface area contributed by atoms with Crippen molar-refractivity contribution in [3.8, 4) is 0 Å². The average molecular weight is 300 g/mol. The van der Waals surface area contributed by atoms with Crippen molar-refractivity contribution in [2.75, 3.05) is 11.4 Å². The molecule has 21 heavy (non-hydrogen) atoms. The topological polar surface area (TPSA) is 54.5 Å². The summed E-state index contributed by atoms with van der Waals surface area (Å²) < 4.78 is 0. The van der Waals surface area contributed by atoms with Gasteiger partial charge in [-0.2, -0.15) is 0 Å². The molecule has 2 N–H and O–H groups in total. The van der Waals surface area contributed by atoms with Crippen LogP contribution in [0.25, 0.3) is 0 Å². The van der Waals surface area contributed by atoms with E-state index in [1.165, 1.54) is 0 Å². The summed E-state index contributed by atoms with van der Waals surface area (Å²) in [6.45, 7) is 7.21. The Bertz CT molecular complexity index is 654. The number of nitrogens with zero attached hydrogens (tertiary/aromatic N) is 3. The molecular weight excluding hydrogens is 280 g/mol. The standard InChI is InChI=1S/C16H20N4S/c1-16(2,3)14-19-12(10-21-14)13-9-18-15(17)20(13)11-7-5-4-6-8-11/h4-8,10,13H,9H2,1-3H3,(H2,17,18). The molecule has 0 aliphatic carbocycles. The second kappa shape index (κ2) is 5.15. The second-order valence-corrected chi connectivity index (χ2v) is 7.11. The number of nitrogens with two attached hydrogens (primary N) is 1. The molecule has 0 amide bonds. The van der Waals surface area contributed by atoms with Crippen LogP contribution in [-0.2, 0) is 5.41 Å². The van der Waals surface area contributed by atoms with Crippen molar-refractivity contribution in [2.24, 2.45) is 10.7 Å². The van der Waals surface area contributed by atoms with Gasteiger partial charge in [-0.05, 0) is 12.1 Å². The van der Waals surface area contributed by atoms with Gasteiger partial charge in [0.1, 0.15) is 0 Å². The lowest BCUT2D eigenvalue weighted by Crippen LogP contribution is -2.36. The van der Waals surface area contributed by atoms with Crippen LogP contribution < -0.4 is 10.6 Å². The first-order valence-corrected chi connectivity index (χ1v) is 7.95. The molecule has 0 spiro atoms. The molecule has 1 unspecified atom stereocenters. The van der Waals surface area contributed by atoms with E-state index in [0.717, 1.165) is 16.4 Å². The van der Waals surface area contributed by atoms with E-state index in [4.69, 9.17) is 10.7 Å². The number of hydrogen-bond acceptors (Lipinski definition) is 5. The summed E-state index contributed by atoms with van der Waals surface area (Å²) in [6, 6.07) is 10.2. The number of rotatable bonds is 2. The summed E-state index contributed by atoms with van der Waals surface area (Å²) in [5, 5.41) is 3.28. The summed E-state index contributed by atoms with van der Waals surface area (Å²) >= 11 is 1.71. The average Bonchev–Trinajstić information content (AvgIpc) is 3.05. The molecule has 110 valence electrons. The smallest absolute Gasteiger partial charge is 0.196 e. The fourth-order valence-electron chi connectivity index (χ4n) is 2.41. The zero-order valence-corrected chi connectivity index (χ0v) is 13.4. The lowest BCUT2D eigenvalue weighted by atomic mass is 9.98. The van der Waals surface area contributed by atoms with E-state index in [9.17, 15) is 0 Å². The molecule has 0 bridgehead atoms. The normalized spacial score (nSPS) is 18.9. The van der Waals surface area contributed by atoms with Crippen molar-refractivity contribution < 1.29 is 0 Å². The van der Waals surface area contributed by atoms with Crippen molar-refractivity contribution in [2.45, 2.75) is 32.2 Å². The molecule has 0 fully saturated rings. The van der Waals surface area contributed by atoms with Crippen LogP contribution in [-0.4, -0.2) is 17.5 Å². The molecule has 2 heterocycles. The Balaban J connectivity index is 1.93. The van der Waals surface area contributed by atoms with Crippen molar-refractivity contribution in [1.29, 1.82) is 0 Å². The molecule has 2 aromatic rings. The molecule has 5 heteroatoms. The number of aliphatic imine (C=N–C) groups is 1. The van der Waals surface area contributed by atoms with Crippen LogP contribution in [0, 0.1) is 0 Å². The molecule has 0 saturated carbocycles. The Hall–Kier alpha value is -1.88. The molecule has 1 atom stereocenters. The molecule has 1 aliphatic heterocycles. The highest BCUT2D eigenvalue weighted by Crippen LogP contribution is 2.34.